The Morgan fingerprint density at radius 3 is 2.56 bits per heavy atom. The molecular formula is C30H33FN4O5S. The van der Waals surface area contributed by atoms with Crippen LogP contribution in [0, 0.1) is 5.82 Å². The number of hydrogen-bond donors (Lipinski definition) is 0. The van der Waals surface area contributed by atoms with Crippen LogP contribution in [0.15, 0.2) is 65.1 Å². The molecule has 1 fully saturated rings. The molecule has 3 heterocycles. The molecular weight excluding hydrogens is 547 g/mol. The molecule has 216 valence electrons. The van der Waals surface area contributed by atoms with E-state index in [-0.39, 0.29) is 24.2 Å². The Kier molecular flexibility index (Phi) is 9.28. The molecule has 11 heteroatoms. The van der Waals surface area contributed by atoms with Crippen LogP contribution in [0.4, 0.5) is 4.39 Å². The number of carbonyl (C=O) groups is 2. The second-order valence-electron chi connectivity index (χ2n) is 9.78. The Morgan fingerprint density at radius 2 is 1.88 bits per heavy atom. The summed E-state index contributed by atoms with van der Waals surface area (Å²) in [6.07, 6.45) is 0.396. The number of ether oxygens (including phenoxy) is 3. The van der Waals surface area contributed by atoms with Gasteiger partial charge in [-0.25, -0.2) is 9.40 Å². The van der Waals surface area contributed by atoms with E-state index in [1.54, 1.807) is 43.4 Å². The van der Waals surface area contributed by atoms with Gasteiger partial charge in [-0.3, -0.25) is 14.5 Å². The predicted molar refractivity (Wildman–Crippen MR) is 154 cm³/mol. The number of nitrogens with zero attached hydrogens (tertiary/aromatic N) is 4. The number of hydrogen-bond acceptors (Lipinski definition) is 8. The predicted octanol–water partition coefficient (Wildman–Crippen LogP) is 4.06. The monoisotopic (exact) mass is 580 g/mol. The van der Waals surface area contributed by atoms with Crippen molar-refractivity contribution in [2.24, 2.45) is 5.10 Å². The first-order valence-corrected chi connectivity index (χ1v) is 14.3. The lowest BCUT2D eigenvalue weighted by atomic mass is 9.97. The number of thiophene rings is 1. The molecule has 0 unspecified atom stereocenters. The topological polar surface area (TPSA) is 83.9 Å². The van der Waals surface area contributed by atoms with E-state index in [0.717, 1.165) is 24.2 Å². The zero-order chi connectivity index (χ0) is 28.8. The number of hydrazone groups is 1. The van der Waals surface area contributed by atoms with Crippen molar-refractivity contribution in [2.75, 3.05) is 60.2 Å². The van der Waals surface area contributed by atoms with Gasteiger partial charge in [-0.1, -0.05) is 18.2 Å². The van der Waals surface area contributed by atoms with E-state index in [1.165, 1.54) is 28.5 Å². The van der Waals surface area contributed by atoms with Gasteiger partial charge in [0.2, 0.25) is 0 Å². The molecule has 0 bridgehead atoms. The normalized spacial score (nSPS) is 17.3. The van der Waals surface area contributed by atoms with Crippen LogP contribution < -0.4 is 9.47 Å². The van der Waals surface area contributed by atoms with E-state index in [4.69, 9.17) is 19.3 Å². The van der Waals surface area contributed by atoms with E-state index in [1.807, 2.05) is 23.6 Å². The number of morpholine rings is 1. The molecule has 9 nitrogen and oxygen atoms in total. The summed E-state index contributed by atoms with van der Waals surface area (Å²) in [5.41, 5.74) is 2.13. The summed E-state index contributed by atoms with van der Waals surface area (Å²) in [5.74, 6) is 0.317. The van der Waals surface area contributed by atoms with Crippen molar-refractivity contribution in [3.8, 4) is 11.5 Å². The number of methoxy groups -OCH3 is 2. The average molecular weight is 581 g/mol. The smallest absolute Gasteiger partial charge is 0.264 e. The second kappa shape index (κ2) is 13.2. The molecule has 0 saturated carbocycles. The maximum atomic E-state index is 13.9. The minimum absolute atomic E-state index is 0.144. The van der Waals surface area contributed by atoms with Crippen LogP contribution in [-0.2, 0) is 9.53 Å². The summed E-state index contributed by atoms with van der Waals surface area (Å²) in [4.78, 5) is 31.8. The third-order valence-corrected chi connectivity index (χ3v) is 8.13. The van der Waals surface area contributed by atoms with Crippen LogP contribution in [0.2, 0.25) is 0 Å². The number of rotatable bonds is 10. The summed E-state index contributed by atoms with van der Waals surface area (Å²) < 4.78 is 30.2. The summed E-state index contributed by atoms with van der Waals surface area (Å²) in [6, 6.07) is 14.6. The highest BCUT2D eigenvalue weighted by Gasteiger charge is 2.35. The van der Waals surface area contributed by atoms with E-state index in [9.17, 15) is 14.0 Å². The van der Waals surface area contributed by atoms with Gasteiger partial charge in [-0.05, 0) is 41.3 Å². The Balaban J connectivity index is 1.43. The molecule has 3 aromatic rings. The van der Waals surface area contributed by atoms with Crippen molar-refractivity contribution < 1.29 is 28.2 Å². The van der Waals surface area contributed by atoms with Gasteiger partial charge in [0.15, 0.2) is 0 Å². The molecule has 0 radical (unpaired) electrons. The number of carbonyl (C=O) groups excluding carboxylic acids is 2. The Morgan fingerprint density at radius 1 is 1.10 bits per heavy atom. The Bertz CT molecular complexity index is 1380. The van der Waals surface area contributed by atoms with Crippen molar-refractivity contribution in [3.63, 3.8) is 0 Å². The zero-order valence-electron chi connectivity index (χ0n) is 23.1. The van der Waals surface area contributed by atoms with Crippen LogP contribution >= 0.6 is 11.3 Å². The quantitative estimate of drug-likeness (QED) is 0.360. The standard InChI is InChI=1S/C30H33FN4O5S/c1-38-23-9-10-24(27(18-23)39-2)25-19-26(21-5-7-22(31)8-6-21)35(32-25)29(36)20-34(30(37)28-4-3-17-41-28)12-11-33-13-15-40-16-14-33/h3-10,17-18,26H,11-16,19-20H2,1-2H3/t26-/m1/s1. The van der Waals surface area contributed by atoms with E-state index < -0.39 is 6.04 Å². The van der Waals surface area contributed by atoms with Crippen LogP contribution in [0.25, 0.3) is 0 Å². The number of benzene rings is 2. The van der Waals surface area contributed by atoms with Crippen molar-refractivity contribution in [1.29, 1.82) is 0 Å². The molecule has 2 aromatic carbocycles. The van der Waals surface area contributed by atoms with Gasteiger partial charge < -0.3 is 19.1 Å². The van der Waals surface area contributed by atoms with Crippen molar-refractivity contribution >= 4 is 28.9 Å². The third-order valence-electron chi connectivity index (χ3n) is 7.28. The summed E-state index contributed by atoms with van der Waals surface area (Å²) in [7, 11) is 3.14. The zero-order valence-corrected chi connectivity index (χ0v) is 23.9. The largest absolute Gasteiger partial charge is 0.497 e. The lowest BCUT2D eigenvalue weighted by Crippen LogP contribution is -2.46. The number of halogens is 1. The SMILES string of the molecule is COc1ccc(C2=NN(C(=O)CN(CCN3CCOCC3)C(=O)c3cccs3)[C@@H](c3ccc(F)cc3)C2)c(OC)c1. The molecule has 5 rings (SSSR count). The van der Waals surface area contributed by atoms with Gasteiger partial charge in [-0.2, -0.15) is 5.10 Å². The van der Waals surface area contributed by atoms with Gasteiger partial charge in [0.25, 0.3) is 11.8 Å². The van der Waals surface area contributed by atoms with E-state index in [0.29, 0.717) is 54.8 Å². The fourth-order valence-corrected chi connectivity index (χ4v) is 5.71. The third kappa shape index (κ3) is 6.75. The minimum atomic E-state index is -0.470. The van der Waals surface area contributed by atoms with Gasteiger partial charge >= 0.3 is 0 Å². The molecule has 2 aliphatic heterocycles. The molecule has 41 heavy (non-hydrogen) atoms. The summed E-state index contributed by atoms with van der Waals surface area (Å²) >= 11 is 1.35. The first-order chi connectivity index (χ1) is 20.0. The van der Waals surface area contributed by atoms with E-state index in [2.05, 4.69) is 4.90 Å². The molecule has 2 aliphatic rings. The molecule has 0 N–H and O–H groups in total. The second-order valence-corrected chi connectivity index (χ2v) is 10.7. The summed E-state index contributed by atoms with van der Waals surface area (Å²) in [5, 5.41) is 8.02. The molecule has 0 aliphatic carbocycles. The van der Waals surface area contributed by atoms with Gasteiger partial charge in [0.05, 0.1) is 44.1 Å². The van der Waals surface area contributed by atoms with Crippen molar-refractivity contribution in [1.82, 2.24) is 14.8 Å². The molecule has 2 amide bonds. The molecule has 1 saturated heterocycles. The fourth-order valence-electron chi connectivity index (χ4n) is 5.02. The molecule has 0 spiro atoms. The Labute approximate surface area is 242 Å². The van der Waals surface area contributed by atoms with Crippen molar-refractivity contribution in [3.05, 3.63) is 81.8 Å². The van der Waals surface area contributed by atoms with Crippen LogP contribution in [0.3, 0.4) is 0 Å². The van der Waals surface area contributed by atoms with Crippen LogP contribution in [0.1, 0.15) is 33.3 Å². The maximum absolute atomic E-state index is 13.9. The number of amides is 2. The maximum Gasteiger partial charge on any atom is 0.264 e. The lowest BCUT2D eigenvalue weighted by molar-refractivity contribution is -0.133. The van der Waals surface area contributed by atoms with Gasteiger partial charge in [-0.15, -0.1) is 11.3 Å². The van der Waals surface area contributed by atoms with Crippen LogP contribution in [-0.4, -0.2) is 92.5 Å². The van der Waals surface area contributed by atoms with Crippen LogP contribution in [0.5, 0.6) is 11.5 Å². The first kappa shape index (κ1) is 28.7. The fraction of sp³-hybridized carbons (Fsp3) is 0.367. The Hall–Kier alpha value is -3.80. The molecule has 1 atom stereocenters. The van der Waals surface area contributed by atoms with E-state index >= 15 is 0 Å². The average Bonchev–Trinajstić information content (AvgIpc) is 3.71. The van der Waals surface area contributed by atoms with Gasteiger partial charge in [0.1, 0.15) is 23.9 Å². The van der Waals surface area contributed by atoms with Gasteiger partial charge in [0, 0.05) is 44.2 Å². The van der Waals surface area contributed by atoms with Crippen molar-refractivity contribution in [2.45, 2.75) is 12.5 Å². The summed E-state index contributed by atoms with van der Waals surface area (Å²) in [6.45, 7) is 3.74. The highest BCUT2D eigenvalue weighted by Crippen LogP contribution is 2.36. The molecule has 1 aromatic heterocycles. The lowest BCUT2D eigenvalue weighted by Gasteiger charge is -2.31. The highest BCUT2D eigenvalue weighted by atomic mass is 32.1. The minimum Gasteiger partial charge on any atom is -0.497 e. The first-order valence-electron chi connectivity index (χ1n) is 13.5. The highest BCUT2D eigenvalue weighted by molar-refractivity contribution is 7.12.